The number of hydrogen-bond acceptors (Lipinski definition) is 3. The fourth-order valence-electron chi connectivity index (χ4n) is 2.04. The second-order valence-electron chi connectivity index (χ2n) is 4.66. The molecule has 0 atom stereocenters. The summed E-state index contributed by atoms with van der Waals surface area (Å²) in [7, 11) is 2.11. The Morgan fingerprint density at radius 3 is 2.28 bits per heavy atom. The normalized spacial score (nSPS) is 11.1. The molecule has 1 aromatic heterocycles. The molecule has 0 bridgehead atoms. The fraction of sp³-hybridized carbons (Fsp3) is 0.333. The molecule has 0 radical (unpaired) electrons. The highest BCUT2D eigenvalue weighted by molar-refractivity contribution is 5.22. The highest BCUT2D eigenvalue weighted by Gasteiger charge is 2.03. The van der Waals surface area contributed by atoms with E-state index in [1.54, 1.807) is 12.5 Å². The molecule has 0 unspecified atom stereocenters. The van der Waals surface area contributed by atoms with E-state index in [4.69, 9.17) is 10.2 Å². The number of hydrogen-bond donors (Lipinski definition) is 1. The Morgan fingerprint density at radius 2 is 1.67 bits per heavy atom. The summed E-state index contributed by atoms with van der Waals surface area (Å²) in [6, 6.07) is 10.7. The average Bonchev–Trinajstić information content (AvgIpc) is 2.84. The van der Waals surface area contributed by atoms with Gasteiger partial charge in [-0.2, -0.15) is 0 Å². The van der Waals surface area contributed by atoms with Crippen LogP contribution in [0.3, 0.4) is 0 Å². The van der Waals surface area contributed by atoms with Crippen LogP contribution >= 0.6 is 0 Å². The minimum Gasteiger partial charge on any atom is -0.472 e. The van der Waals surface area contributed by atoms with Gasteiger partial charge in [-0.05, 0) is 37.2 Å². The van der Waals surface area contributed by atoms with E-state index < -0.39 is 0 Å². The van der Waals surface area contributed by atoms with Gasteiger partial charge in [0.2, 0.25) is 0 Å². The fourth-order valence-corrected chi connectivity index (χ4v) is 2.04. The predicted molar refractivity (Wildman–Crippen MR) is 73.1 cm³/mol. The van der Waals surface area contributed by atoms with Crippen LogP contribution in [0.15, 0.2) is 47.3 Å². The average molecular weight is 244 g/mol. The van der Waals surface area contributed by atoms with E-state index in [0.29, 0.717) is 6.54 Å². The van der Waals surface area contributed by atoms with Crippen LogP contribution < -0.4 is 5.73 Å². The van der Waals surface area contributed by atoms with Crippen molar-refractivity contribution in [3.63, 3.8) is 0 Å². The zero-order valence-electron chi connectivity index (χ0n) is 10.8. The number of nitrogens with two attached hydrogens (primary N) is 1. The summed E-state index contributed by atoms with van der Waals surface area (Å²) in [6.45, 7) is 2.55. The maximum Gasteiger partial charge on any atom is 0.0947 e. The largest absolute Gasteiger partial charge is 0.472 e. The molecule has 0 aliphatic heterocycles. The smallest absolute Gasteiger partial charge is 0.0947 e. The summed E-state index contributed by atoms with van der Waals surface area (Å²) < 4.78 is 5.07. The number of rotatable bonds is 6. The van der Waals surface area contributed by atoms with Crippen LogP contribution in [0.5, 0.6) is 0 Å². The molecule has 3 heteroatoms. The van der Waals surface area contributed by atoms with Gasteiger partial charge in [0.1, 0.15) is 0 Å². The first-order chi connectivity index (χ1) is 8.78. The van der Waals surface area contributed by atoms with Crippen molar-refractivity contribution in [1.82, 2.24) is 4.90 Å². The van der Waals surface area contributed by atoms with Crippen molar-refractivity contribution < 1.29 is 4.42 Å². The Hall–Kier alpha value is -1.58. The van der Waals surface area contributed by atoms with Gasteiger partial charge in [0.05, 0.1) is 12.5 Å². The summed E-state index contributed by atoms with van der Waals surface area (Å²) in [5, 5.41) is 0. The molecule has 96 valence electrons. The van der Waals surface area contributed by atoms with Crippen LogP contribution in [-0.4, -0.2) is 18.5 Å². The highest BCUT2D eigenvalue weighted by atomic mass is 16.3. The molecule has 0 saturated heterocycles. The van der Waals surface area contributed by atoms with Crippen molar-refractivity contribution in [2.24, 2.45) is 5.73 Å². The Bertz CT molecular complexity index is 448. The molecule has 1 aromatic carbocycles. The molecule has 0 amide bonds. The lowest BCUT2D eigenvalue weighted by molar-refractivity contribution is 0.318. The van der Waals surface area contributed by atoms with E-state index in [2.05, 4.69) is 36.2 Å². The van der Waals surface area contributed by atoms with Crippen LogP contribution in [0, 0.1) is 0 Å². The van der Waals surface area contributed by atoms with Crippen LogP contribution in [0.2, 0.25) is 0 Å². The number of benzene rings is 1. The molecular weight excluding hydrogens is 224 g/mol. The van der Waals surface area contributed by atoms with E-state index in [-0.39, 0.29) is 0 Å². The molecule has 0 aliphatic carbocycles. The summed E-state index contributed by atoms with van der Waals surface area (Å²) in [6.07, 6.45) is 4.46. The van der Waals surface area contributed by atoms with Crippen molar-refractivity contribution in [2.45, 2.75) is 19.5 Å². The molecule has 0 saturated carbocycles. The Balaban J connectivity index is 1.88. The third-order valence-electron chi connectivity index (χ3n) is 2.94. The first-order valence-corrected chi connectivity index (χ1v) is 6.25. The van der Waals surface area contributed by atoms with Gasteiger partial charge < -0.3 is 10.2 Å². The van der Waals surface area contributed by atoms with Crippen LogP contribution in [0.4, 0.5) is 0 Å². The zero-order valence-corrected chi connectivity index (χ0v) is 10.8. The SMILES string of the molecule is CN(Cc1ccc(CCN)cc1)Cc1ccoc1. The summed E-state index contributed by atoms with van der Waals surface area (Å²) in [5.41, 5.74) is 9.37. The van der Waals surface area contributed by atoms with Crippen LogP contribution in [0.25, 0.3) is 0 Å². The summed E-state index contributed by atoms with van der Waals surface area (Å²) in [4.78, 5) is 2.27. The molecule has 0 aliphatic rings. The highest BCUT2D eigenvalue weighted by Crippen LogP contribution is 2.10. The van der Waals surface area contributed by atoms with Gasteiger partial charge in [-0.15, -0.1) is 0 Å². The van der Waals surface area contributed by atoms with Crippen molar-refractivity contribution in [3.8, 4) is 0 Å². The molecule has 1 heterocycles. The Labute approximate surface area is 108 Å². The van der Waals surface area contributed by atoms with Crippen LogP contribution in [-0.2, 0) is 19.5 Å². The summed E-state index contributed by atoms with van der Waals surface area (Å²) >= 11 is 0. The van der Waals surface area contributed by atoms with Gasteiger partial charge >= 0.3 is 0 Å². The second kappa shape index (κ2) is 6.38. The van der Waals surface area contributed by atoms with Gasteiger partial charge in [-0.25, -0.2) is 0 Å². The maximum absolute atomic E-state index is 5.54. The lowest BCUT2D eigenvalue weighted by Crippen LogP contribution is -2.16. The van der Waals surface area contributed by atoms with Gasteiger partial charge in [0, 0.05) is 18.7 Å². The van der Waals surface area contributed by atoms with Gasteiger partial charge in [0.25, 0.3) is 0 Å². The molecule has 0 spiro atoms. The second-order valence-corrected chi connectivity index (χ2v) is 4.66. The first kappa shape index (κ1) is 12.9. The molecule has 2 N–H and O–H groups in total. The molecule has 3 nitrogen and oxygen atoms in total. The van der Waals surface area contributed by atoms with E-state index in [1.165, 1.54) is 16.7 Å². The van der Waals surface area contributed by atoms with Gasteiger partial charge in [-0.1, -0.05) is 24.3 Å². The predicted octanol–water partition coefficient (Wildman–Crippen LogP) is 2.41. The third-order valence-corrected chi connectivity index (χ3v) is 2.94. The van der Waals surface area contributed by atoms with Crippen molar-refractivity contribution in [3.05, 3.63) is 59.5 Å². The van der Waals surface area contributed by atoms with Crippen molar-refractivity contribution in [1.29, 1.82) is 0 Å². The zero-order chi connectivity index (χ0) is 12.8. The lowest BCUT2D eigenvalue weighted by atomic mass is 10.1. The molecule has 0 fully saturated rings. The van der Waals surface area contributed by atoms with E-state index in [1.807, 2.05) is 6.07 Å². The summed E-state index contributed by atoms with van der Waals surface area (Å²) in [5.74, 6) is 0. The van der Waals surface area contributed by atoms with E-state index in [9.17, 15) is 0 Å². The topological polar surface area (TPSA) is 42.4 Å². The lowest BCUT2D eigenvalue weighted by Gasteiger charge is -2.15. The first-order valence-electron chi connectivity index (χ1n) is 6.25. The van der Waals surface area contributed by atoms with Crippen LogP contribution in [0.1, 0.15) is 16.7 Å². The Kier molecular flexibility index (Phi) is 4.56. The van der Waals surface area contributed by atoms with Gasteiger partial charge in [0.15, 0.2) is 0 Å². The quantitative estimate of drug-likeness (QED) is 0.848. The maximum atomic E-state index is 5.54. The van der Waals surface area contributed by atoms with Gasteiger partial charge in [-0.3, -0.25) is 4.90 Å². The molecular formula is C15H20N2O. The Morgan fingerprint density at radius 1 is 1.00 bits per heavy atom. The molecule has 2 aromatic rings. The van der Waals surface area contributed by atoms with Crippen molar-refractivity contribution >= 4 is 0 Å². The monoisotopic (exact) mass is 244 g/mol. The minimum absolute atomic E-state index is 0.708. The standard InChI is InChI=1S/C15H20N2O/c1-17(11-15-7-9-18-12-15)10-14-4-2-13(3-5-14)6-8-16/h2-5,7,9,12H,6,8,10-11,16H2,1H3. The number of furan rings is 1. The number of nitrogens with zero attached hydrogens (tertiary/aromatic N) is 1. The van der Waals surface area contributed by atoms with Crippen molar-refractivity contribution in [2.75, 3.05) is 13.6 Å². The molecule has 18 heavy (non-hydrogen) atoms. The van der Waals surface area contributed by atoms with E-state index in [0.717, 1.165) is 19.5 Å². The molecule has 2 rings (SSSR count). The minimum atomic E-state index is 0.708. The third kappa shape index (κ3) is 3.72. The van der Waals surface area contributed by atoms with E-state index >= 15 is 0 Å².